The van der Waals surface area contributed by atoms with Gasteiger partial charge < -0.3 is 15.8 Å². The van der Waals surface area contributed by atoms with E-state index in [2.05, 4.69) is 5.32 Å². The summed E-state index contributed by atoms with van der Waals surface area (Å²) in [7, 11) is 1.49. The van der Waals surface area contributed by atoms with Gasteiger partial charge in [-0.3, -0.25) is 0 Å². The second kappa shape index (κ2) is 5.65. The molecule has 3 nitrogen and oxygen atoms in total. The molecule has 0 saturated carbocycles. The lowest BCUT2D eigenvalue weighted by atomic mass is 10.2. The van der Waals surface area contributed by atoms with E-state index in [1.54, 1.807) is 18.2 Å². The maximum absolute atomic E-state index is 11.9. The molecule has 1 aromatic rings. The zero-order valence-corrected chi connectivity index (χ0v) is 9.47. The van der Waals surface area contributed by atoms with Gasteiger partial charge in [0.1, 0.15) is 5.75 Å². The summed E-state index contributed by atoms with van der Waals surface area (Å²) in [5, 5.41) is 2.88. The van der Waals surface area contributed by atoms with Crippen molar-refractivity contribution in [1.29, 1.82) is 0 Å². The van der Waals surface area contributed by atoms with Gasteiger partial charge in [-0.15, -0.1) is 0 Å². The smallest absolute Gasteiger partial charge is 0.389 e. The summed E-state index contributed by atoms with van der Waals surface area (Å²) in [6.07, 6.45) is -4.84. The van der Waals surface area contributed by atoms with Gasteiger partial charge in [0.25, 0.3) is 0 Å². The van der Waals surface area contributed by atoms with Crippen LogP contribution >= 0.6 is 0 Å². The molecule has 3 N–H and O–H groups in total. The Kier molecular flexibility index (Phi) is 4.48. The minimum absolute atomic E-state index is 0.0379. The number of nitrogens with two attached hydrogens (primary N) is 1. The maximum Gasteiger partial charge on any atom is 0.389 e. The van der Waals surface area contributed by atoms with Gasteiger partial charge in [-0.2, -0.15) is 13.2 Å². The molecule has 0 atom stereocenters. The highest BCUT2D eigenvalue weighted by atomic mass is 19.4. The van der Waals surface area contributed by atoms with Crippen LogP contribution < -0.4 is 15.8 Å². The Balaban J connectivity index is 2.42. The predicted octanol–water partition coefficient (Wildman–Crippen LogP) is 3.03. The van der Waals surface area contributed by atoms with E-state index in [4.69, 9.17) is 10.5 Å². The summed E-state index contributed by atoms with van der Waals surface area (Å²) in [5.74, 6) is 0.505. The quantitative estimate of drug-likeness (QED) is 0.622. The summed E-state index contributed by atoms with van der Waals surface area (Å²) in [5.41, 5.74) is 6.80. The summed E-state index contributed by atoms with van der Waals surface area (Å²) >= 11 is 0. The van der Waals surface area contributed by atoms with E-state index in [-0.39, 0.29) is 13.0 Å². The Labute approximate surface area is 97.8 Å². The molecule has 0 saturated heterocycles. The SMILES string of the molecule is COc1cc(NCCCC(F)(F)F)ccc1N. The van der Waals surface area contributed by atoms with Crippen LogP contribution in [0.3, 0.4) is 0 Å². The first-order valence-electron chi connectivity index (χ1n) is 5.16. The lowest BCUT2D eigenvalue weighted by molar-refractivity contribution is -0.134. The van der Waals surface area contributed by atoms with Crippen molar-refractivity contribution in [3.63, 3.8) is 0 Å². The third-order valence-corrected chi connectivity index (χ3v) is 2.20. The van der Waals surface area contributed by atoms with Crippen molar-refractivity contribution in [2.75, 3.05) is 24.7 Å². The lowest BCUT2D eigenvalue weighted by Gasteiger charge is -2.10. The molecule has 0 aliphatic rings. The average Bonchev–Trinajstić information content (AvgIpc) is 2.25. The van der Waals surface area contributed by atoms with Gasteiger partial charge in [-0.05, 0) is 18.6 Å². The number of alkyl halides is 3. The third kappa shape index (κ3) is 4.84. The molecule has 0 aliphatic heterocycles. The molecule has 0 radical (unpaired) electrons. The number of ether oxygens (including phenoxy) is 1. The van der Waals surface area contributed by atoms with Gasteiger partial charge in [0.05, 0.1) is 12.8 Å². The van der Waals surface area contributed by atoms with Crippen molar-refractivity contribution in [3.8, 4) is 5.75 Å². The minimum atomic E-state index is -4.10. The second-order valence-corrected chi connectivity index (χ2v) is 3.60. The van der Waals surface area contributed by atoms with Crippen LogP contribution in [-0.4, -0.2) is 19.8 Å². The Hall–Kier alpha value is -1.59. The monoisotopic (exact) mass is 248 g/mol. The first-order valence-corrected chi connectivity index (χ1v) is 5.16. The molecule has 17 heavy (non-hydrogen) atoms. The van der Waals surface area contributed by atoms with E-state index >= 15 is 0 Å². The van der Waals surface area contributed by atoms with Crippen LogP contribution in [0.1, 0.15) is 12.8 Å². The molecule has 0 amide bonds. The van der Waals surface area contributed by atoms with Gasteiger partial charge >= 0.3 is 6.18 Å². The van der Waals surface area contributed by atoms with Crippen molar-refractivity contribution in [1.82, 2.24) is 0 Å². The molecule has 6 heteroatoms. The Morgan fingerprint density at radius 3 is 2.65 bits per heavy atom. The van der Waals surface area contributed by atoms with E-state index in [0.29, 0.717) is 17.1 Å². The molecule has 0 aliphatic carbocycles. The minimum Gasteiger partial charge on any atom is -0.495 e. The van der Waals surface area contributed by atoms with Crippen molar-refractivity contribution in [2.45, 2.75) is 19.0 Å². The molecule has 0 fully saturated rings. The topological polar surface area (TPSA) is 47.3 Å². The van der Waals surface area contributed by atoms with Crippen LogP contribution in [0.5, 0.6) is 5.75 Å². The molecule has 1 aromatic carbocycles. The number of nitrogens with one attached hydrogen (secondary N) is 1. The van der Waals surface area contributed by atoms with E-state index < -0.39 is 12.6 Å². The number of benzene rings is 1. The van der Waals surface area contributed by atoms with E-state index in [1.165, 1.54) is 7.11 Å². The molecule has 96 valence electrons. The van der Waals surface area contributed by atoms with Crippen LogP contribution in [-0.2, 0) is 0 Å². The third-order valence-electron chi connectivity index (χ3n) is 2.20. The van der Waals surface area contributed by atoms with Crippen LogP contribution in [0.25, 0.3) is 0 Å². The molecule has 1 rings (SSSR count). The zero-order chi connectivity index (χ0) is 12.9. The van der Waals surface area contributed by atoms with Gasteiger partial charge in [-0.25, -0.2) is 0 Å². The van der Waals surface area contributed by atoms with Crippen LogP contribution in [0, 0.1) is 0 Å². The molecule has 0 spiro atoms. The fourth-order valence-electron chi connectivity index (χ4n) is 1.34. The summed E-state index contributed by atoms with van der Waals surface area (Å²) in [6, 6.07) is 5.00. The highest BCUT2D eigenvalue weighted by Gasteiger charge is 2.25. The summed E-state index contributed by atoms with van der Waals surface area (Å²) in [6.45, 7) is 0.257. The van der Waals surface area contributed by atoms with Gasteiger partial charge in [0, 0.05) is 24.7 Å². The standard InChI is InChI=1S/C11H15F3N2O/c1-17-10-7-8(3-4-9(10)15)16-6-2-5-11(12,13)14/h3-4,7,16H,2,5-6,15H2,1H3. The van der Waals surface area contributed by atoms with Crippen LogP contribution in [0.4, 0.5) is 24.5 Å². The predicted molar refractivity (Wildman–Crippen MR) is 61.2 cm³/mol. The van der Waals surface area contributed by atoms with E-state index in [0.717, 1.165) is 0 Å². The van der Waals surface area contributed by atoms with Crippen molar-refractivity contribution in [3.05, 3.63) is 18.2 Å². The zero-order valence-electron chi connectivity index (χ0n) is 9.47. The number of halogens is 3. The number of rotatable bonds is 5. The molecule has 0 aromatic heterocycles. The van der Waals surface area contributed by atoms with E-state index in [1.807, 2.05) is 0 Å². The lowest BCUT2D eigenvalue weighted by Crippen LogP contribution is -2.11. The first kappa shape index (κ1) is 13.5. The largest absolute Gasteiger partial charge is 0.495 e. The highest BCUT2D eigenvalue weighted by Crippen LogP contribution is 2.25. The summed E-state index contributed by atoms with van der Waals surface area (Å²) < 4.78 is 40.7. The normalized spacial score (nSPS) is 11.3. The fraction of sp³-hybridized carbons (Fsp3) is 0.455. The average molecular weight is 248 g/mol. The van der Waals surface area contributed by atoms with Crippen molar-refractivity contribution in [2.24, 2.45) is 0 Å². The highest BCUT2D eigenvalue weighted by molar-refractivity contribution is 5.61. The number of hydrogen-bond acceptors (Lipinski definition) is 3. The van der Waals surface area contributed by atoms with Gasteiger partial charge in [0.2, 0.25) is 0 Å². The molecule has 0 heterocycles. The van der Waals surface area contributed by atoms with Crippen molar-refractivity contribution < 1.29 is 17.9 Å². The van der Waals surface area contributed by atoms with Crippen molar-refractivity contribution >= 4 is 11.4 Å². The second-order valence-electron chi connectivity index (χ2n) is 3.60. The van der Waals surface area contributed by atoms with Crippen LogP contribution in [0.2, 0.25) is 0 Å². The molecule has 0 bridgehead atoms. The first-order chi connectivity index (χ1) is 7.92. The Bertz CT molecular complexity index is 366. The molecule has 0 unspecified atom stereocenters. The van der Waals surface area contributed by atoms with Crippen LogP contribution in [0.15, 0.2) is 18.2 Å². The molecular formula is C11H15F3N2O. The Morgan fingerprint density at radius 1 is 1.35 bits per heavy atom. The maximum atomic E-state index is 11.9. The number of methoxy groups -OCH3 is 1. The summed E-state index contributed by atoms with van der Waals surface area (Å²) in [4.78, 5) is 0. The van der Waals surface area contributed by atoms with E-state index in [9.17, 15) is 13.2 Å². The number of hydrogen-bond donors (Lipinski definition) is 2. The Morgan fingerprint density at radius 2 is 2.06 bits per heavy atom. The fourth-order valence-corrected chi connectivity index (χ4v) is 1.34. The number of anilines is 2. The van der Waals surface area contributed by atoms with Gasteiger partial charge in [0.15, 0.2) is 0 Å². The van der Waals surface area contributed by atoms with Gasteiger partial charge in [-0.1, -0.05) is 0 Å². The number of nitrogen functional groups attached to an aromatic ring is 1. The molecular weight excluding hydrogens is 233 g/mol.